The number of piperidine rings is 1. The third-order valence-electron chi connectivity index (χ3n) is 4.37. The van der Waals surface area contributed by atoms with Crippen molar-refractivity contribution in [3.8, 4) is 0 Å². The Morgan fingerprint density at radius 3 is 2.74 bits per heavy atom. The monoisotopic (exact) mass is 335 g/mol. The maximum absolute atomic E-state index is 12.7. The number of aromatic nitrogens is 2. The summed E-state index contributed by atoms with van der Waals surface area (Å²) in [5, 5.41) is -0.0447. The summed E-state index contributed by atoms with van der Waals surface area (Å²) in [6.07, 6.45) is 4.25. The van der Waals surface area contributed by atoms with Gasteiger partial charge in [0.05, 0.1) is 11.0 Å². The predicted octanol–water partition coefficient (Wildman–Crippen LogP) is 1.84. The third kappa shape index (κ3) is 3.10. The fourth-order valence-corrected chi connectivity index (χ4v) is 4.01. The van der Waals surface area contributed by atoms with Crippen LogP contribution >= 0.6 is 0 Å². The fourth-order valence-electron chi connectivity index (χ4n) is 3.18. The molecule has 0 bridgehead atoms. The van der Waals surface area contributed by atoms with Crippen molar-refractivity contribution in [1.29, 1.82) is 0 Å². The molecule has 2 aromatic rings. The molecule has 7 heteroatoms. The summed E-state index contributed by atoms with van der Waals surface area (Å²) in [5.41, 5.74) is 1.26. The molecule has 23 heavy (non-hydrogen) atoms. The first-order valence-electron chi connectivity index (χ1n) is 7.83. The van der Waals surface area contributed by atoms with Crippen molar-refractivity contribution in [1.82, 2.24) is 14.5 Å². The van der Waals surface area contributed by atoms with Gasteiger partial charge in [0.15, 0.2) is 0 Å². The van der Waals surface area contributed by atoms with Gasteiger partial charge in [0.1, 0.15) is 6.54 Å². The van der Waals surface area contributed by atoms with Gasteiger partial charge in [-0.25, -0.2) is 13.4 Å². The average Bonchev–Trinajstić information content (AvgIpc) is 2.87. The lowest BCUT2D eigenvalue weighted by atomic mass is 10.0. The molecule has 6 nitrogen and oxygen atoms in total. The highest BCUT2D eigenvalue weighted by Gasteiger charge is 2.26. The zero-order valence-corrected chi connectivity index (χ0v) is 14.2. The Hall–Kier alpha value is -1.89. The number of benzene rings is 1. The van der Waals surface area contributed by atoms with E-state index in [-0.39, 0.29) is 23.7 Å². The van der Waals surface area contributed by atoms with Crippen LogP contribution in [0.5, 0.6) is 0 Å². The molecule has 1 aromatic carbocycles. The van der Waals surface area contributed by atoms with Gasteiger partial charge in [0, 0.05) is 18.8 Å². The van der Waals surface area contributed by atoms with Crippen LogP contribution in [0.1, 0.15) is 26.2 Å². The Morgan fingerprint density at radius 1 is 1.30 bits per heavy atom. The van der Waals surface area contributed by atoms with Crippen LogP contribution in [0.15, 0.2) is 29.4 Å². The van der Waals surface area contributed by atoms with Crippen LogP contribution in [0.3, 0.4) is 0 Å². The number of carbonyl (C=O) groups excluding carboxylic acids is 1. The Kier molecular flexibility index (Phi) is 4.14. The smallest absolute Gasteiger partial charge is 0.242 e. The summed E-state index contributed by atoms with van der Waals surface area (Å²) in [7, 11) is -3.50. The normalized spacial score (nSPS) is 19.2. The van der Waals surface area contributed by atoms with Crippen molar-refractivity contribution in [2.24, 2.45) is 0 Å². The second-order valence-electron chi connectivity index (χ2n) is 6.17. The molecule has 1 amide bonds. The zero-order chi connectivity index (χ0) is 16.6. The number of sulfone groups is 1. The van der Waals surface area contributed by atoms with Gasteiger partial charge in [0.2, 0.25) is 20.9 Å². The van der Waals surface area contributed by atoms with Gasteiger partial charge in [-0.2, -0.15) is 0 Å². The minimum absolute atomic E-state index is 0.00720. The first-order chi connectivity index (χ1) is 10.9. The summed E-state index contributed by atoms with van der Waals surface area (Å²) in [6, 6.07) is 7.38. The van der Waals surface area contributed by atoms with Crippen molar-refractivity contribution in [2.75, 3.05) is 12.8 Å². The first-order valence-corrected chi connectivity index (χ1v) is 9.72. The number of para-hydroxylation sites is 2. The molecule has 0 radical (unpaired) electrons. The molecule has 1 fully saturated rings. The van der Waals surface area contributed by atoms with Crippen molar-refractivity contribution < 1.29 is 13.2 Å². The van der Waals surface area contributed by atoms with E-state index in [1.807, 2.05) is 17.9 Å². The SMILES string of the molecule is C[C@H]1CCCCN1C(=O)Cn1c(S(C)(=O)=O)nc2ccccc21. The van der Waals surface area contributed by atoms with Gasteiger partial charge in [-0.1, -0.05) is 12.1 Å². The van der Waals surface area contributed by atoms with Gasteiger partial charge in [0.25, 0.3) is 0 Å². The van der Waals surface area contributed by atoms with E-state index in [9.17, 15) is 13.2 Å². The second-order valence-corrected chi connectivity index (χ2v) is 8.08. The summed E-state index contributed by atoms with van der Waals surface area (Å²) in [6.45, 7) is 2.79. The van der Waals surface area contributed by atoms with Crippen molar-refractivity contribution in [3.05, 3.63) is 24.3 Å². The van der Waals surface area contributed by atoms with E-state index in [4.69, 9.17) is 0 Å². The maximum Gasteiger partial charge on any atom is 0.242 e. The van der Waals surface area contributed by atoms with Crippen LogP contribution in [0.2, 0.25) is 0 Å². The minimum Gasteiger partial charge on any atom is -0.338 e. The molecule has 1 aliphatic rings. The van der Waals surface area contributed by atoms with E-state index in [1.165, 1.54) is 4.57 Å². The highest BCUT2D eigenvalue weighted by atomic mass is 32.2. The second kappa shape index (κ2) is 5.96. The lowest BCUT2D eigenvalue weighted by molar-refractivity contribution is -0.135. The average molecular weight is 335 g/mol. The van der Waals surface area contributed by atoms with Crippen LogP contribution in [0.25, 0.3) is 11.0 Å². The number of carbonyl (C=O) groups is 1. The largest absolute Gasteiger partial charge is 0.338 e. The lowest BCUT2D eigenvalue weighted by Gasteiger charge is -2.33. The van der Waals surface area contributed by atoms with E-state index in [2.05, 4.69) is 4.98 Å². The van der Waals surface area contributed by atoms with Crippen LogP contribution < -0.4 is 0 Å². The van der Waals surface area contributed by atoms with E-state index in [0.29, 0.717) is 11.0 Å². The molecule has 0 N–H and O–H groups in total. The standard InChI is InChI=1S/C16H21N3O3S/c1-12-7-5-6-10-18(12)15(20)11-19-14-9-4-3-8-13(14)17-16(19)23(2,21)22/h3-4,8-9,12H,5-7,10-11H2,1-2H3/t12-/m0/s1. The predicted molar refractivity (Wildman–Crippen MR) is 87.9 cm³/mol. The lowest BCUT2D eigenvalue weighted by Crippen LogP contribution is -2.43. The Labute approximate surface area is 136 Å². The van der Waals surface area contributed by atoms with Crippen LogP contribution in [0, 0.1) is 0 Å². The maximum atomic E-state index is 12.7. The van der Waals surface area contributed by atoms with Crippen molar-refractivity contribution >= 4 is 26.8 Å². The summed E-state index contributed by atoms with van der Waals surface area (Å²) < 4.78 is 25.6. The van der Waals surface area contributed by atoms with E-state index in [1.54, 1.807) is 18.2 Å². The number of hydrogen-bond acceptors (Lipinski definition) is 4. The van der Waals surface area contributed by atoms with Gasteiger partial charge in [-0.15, -0.1) is 0 Å². The molecular weight excluding hydrogens is 314 g/mol. The van der Waals surface area contributed by atoms with Gasteiger partial charge in [-0.05, 0) is 38.3 Å². The number of fused-ring (bicyclic) bond motifs is 1. The molecule has 0 aliphatic carbocycles. The van der Waals surface area contributed by atoms with Crippen LogP contribution in [-0.2, 0) is 21.2 Å². The van der Waals surface area contributed by atoms with Gasteiger partial charge >= 0.3 is 0 Å². The molecular formula is C16H21N3O3S. The molecule has 0 unspecified atom stereocenters. The molecule has 0 saturated carbocycles. The van der Waals surface area contributed by atoms with Crippen LogP contribution in [0.4, 0.5) is 0 Å². The summed E-state index contributed by atoms with van der Waals surface area (Å²) in [4.78, 5) is 18.7. The number of rotatable bonds is 3. The molecule has 0 spiro atoms. The molecule has 1 saturated heterocycles. The highest BCUT2D eigenvalue weighted by Crippen LogP contribution is 2.22. The molecule has 1 aliphatic heterocycles. The van der Waals surface area contributed by atoms with E-state index >= 15 is 0 Å². The van der Waals surface area contributed by atoms with Crippen LogP contribution in [-0.4, -0.2) is 47.6 Å². The fraction of sp³-hybridized carbons (Fsp3) is 0.500. The Bertz CT molecular complexity index is 841. The van der Waals surface area contributed by atoms with Crippen molar-refractivity contribution in [2.45, 2.75) is 43.9 Å². The first kappa shape index (κ1) is 16.0. The number of imidazole rings is 1. The Balaban J connectivity index is 2.00. The number of nitrogens with zero attached hydrogens (tertiary/aromatic N) is 3. The minimum atomic E-state index is -3.50. The number of amides is 1. The third-order valence-corrected chi connectivity index (χ3v) is 5.34. The van der Waals surface area contributed by atoms with Crippen molar-refractivity contribution in [3.63, 3.8) is 0 Å². The quantitative estimate of drug-likeness (QED) is 0.858. The topological polar surface area (TPSA) is 72.3 Å². The zero-order valence-electron chi connectivity index (χ0n) is 13.4. The number of hydrogen-bond donors (Lipinski definition) is 0. The highest BCUT2D eigenvalue weighted by molar-refractivity contribution is 7.90. The summed E-state index contributed by atoms with van der Waals surface area (Å²) >= 11 is 0. The number of likely N-dealkylation sites (tertiary alicyclic amines) is 1. The van der Waals surface area contributed by atoms with Gasteiger partial charge < -0.3 is 9.47 Å². The molecule has 2 heterocycles. The van der Waals surface area contributed by atoms with Gasteiger partial charge in [-0.3, -0.25) is 4.79 Å². The van der Waals surface area contributed by atoms with E-state index < -0.39 is 9.84 Å². The molecule has 3 rings (SSSR count). The molecule has 1 atom stereocenters. The summed E-state index contributed by atoms with van der Waals surface area (Å²) in [5.74, 6) is -0.0507. The molecule has 1 aromatic heterocycles. The van der Waals surface area contributed by atoms with E-state index in [0.717, 1.165) is 32.1 Å². The Morgan fingerprint density at radius 2 is 2.04 bits per heavy atom. The molecule has 124 valence electrons.